The zero-order chi connectivity index (χ0) is 18.6. The lowest BCUT2D eigenvalue weighted by atomic mass is 9.91. The summed E-state index contributed by atoms with van der Waals surface area (Å²) in [6.07, 6.45) is 2.11. The first kappa shape index (κ1) is 20.4. The van der Waals surface area contributed by atoms with Crippen molar-refractivity contribution in [3.8, 4) is 0 Å². The van der Waals surface area contributed by atoms with Crippen molar-refractivity contribution in [1.29, 1.82) is 0 Å². The van der Waals surface area contributed by atoms with E-state index in [9.17, 15) is 8.78 Å². The lowest BCUT2D eigenvalue weighted by Crippen LogP contribution is -2.62. The van der Waals surface area contributed by atoms with Gasteiger partial charge in [-0.2, -0.15) is 0 Å². The maximum absolute atomic E-state index is 14.7. The summed E-state index contributed by atoms with van der Waals surface area (Å²) in [6.45, 7) is 7.69. The van der Waals surface area contributed by atoms with E-state index in [0.717, 1.165) is 12.0 Å². The number of nitrogens with zero attached hydrogens (tertiary/aromatic N) is 1. The van der Waals surface area contributed by atoms with Crippen LogP contribution in [0.2, 0.25) is 10.0 Å². The molecule has 1 unspecified atom stereocenters. The monoisotopic (exact) mass is 389 g/mol. The smallest absolute Gasteiger partial charge is 0.159 e. The van der Waals surface area contributed by atoms with Crippen LogP contribution in [-0.4, -0.2) is 36.9 Å². The molecule has 1 heterocycles. The van der Waals surface area contributed by atoms with Gasteiger partial charge in [-0.1, -0.05) is 36.7 Å². The molecule has 1 saturated heterocycles. The second-order valence-electron chi connectivity index (χ2n) is 6.56. The third kappa shape index (κ3) is 5.78. The summed E-state index contributed by atoms with van der Waals surface area (Å²) >= 11 is 12.1. The van der Waals surface area contributed by atoms with Gasteiger partial charge in [0.2, 0.25) is 0 Å². The Hall–Kier alpha value is -0.940. The number of allylic oxidation sites excluding steroid dienone is 1. The van der Waals surface area contributed by atoms with Crippen LogP contribution in [0, 0.1) is 0 Å². The molecular weight excluding hydrogens is 367 g/mol. The minimum Gasteiger partial charge on any atom is -0.373 e. The van der Waals surface area contributed by atoms with Gasteiger partial charge in [0.1, 0.15) is 0 Å². The van der Waals surface area contributed by atoms with E-state index < -0.39 is 5.67 Å². The molecule has 2 nitrogen and oxygen atoms in total. The van der Waals surface area contributed by atoms with Gasteiger partial charge < -0.3 is 4.74 Å². The van der Waals surface area contributed by atoms with E-state index in [2.05, 4.69) is 6.58 Å². The third-order valence-electron chi connectivity index (χ3n) is 4.12. The normalized spacial score (nSPS) is 18.7. The molecule has 1 aliphatic rings. The molecule has 1 fully saturated rings. The van der Waals surface area contributed by atoms with Crippen molar-refractivity contribution in [1.82, 2.24) is 4.90 Å². The van der Waals surface area contributed by atoms with Crippen molar-refractivity contribution in [3.63, 3.8) is 0 Å². The fraction of sp³-hybridized carbons (Fsp3) is 0.474. The number of alkyl halides is 1. The molecule has 0 N–H and O–H groups in total. The zero-order valence-corrected chi connectivity index (χ0v) is 16.0. The highest BCUT2D eigenvalue weighted by molar-refractivity contribution is 6.34. The van der Waals surface area contributed by atoms with E-state index in [0.29, 0.717) is 15.6 Å². The van der Waals surface area contributed by atoms with Crippen molar-refractivity contribution >= 4 is 23.2 Å². The molecular formula is C19H23Cl2F2NO. The first-order valence-electron chi connectivity index (χ1n) is 8.21. The van der Waals surface area contributed by atoms with E-state index in [1.807, 2.05) is 24.0 Å². The van der Waals surface area contributed by atoms with Crippen molar-refractivity contribution in [3.05, 3.63) is 57.9 Å². The van der Waals surface area contributed by atoms with E-state index in [1.54, 1.807) is 6.07 Å². The number of likely N-dealkylation sites (tertiary alicyclic amines) is 1. The molecule has 0 saturated carbocycles. The van der Waals surface area contributed by atoms with Crippen LogP contribution in [0.5, 0.6) is 0 Å². The van der Waals surface area contributed by atoms with Gasteiger partial charge in [0.05, 0.1) is 19.0 Å². The second kappa shape index (κ2) is 8.63. The highest BCUT2D eigenvalue weighted by atomic mass is 35.5. The van der Waals surface area contributed by atoms with Crippen molar-refractivity contribution in [2.45, 2.75) is 32.0 Å². The molecule has 2 rings (SSSR count). The predicted octanol–water partition coefficient (Wildman–Crippen LogP) is 5.91. The topological polar surface area (TPSA) is 12.5 Å². The van der Waals surface area contributed by atoms with E-state index in [1.165, 1.54) is 13.0 Å². The van der Waals surface area contributed by atoms with Crippen LogP contribution < -0.4 is 0 Å². The van der Waals surface area contributed by atoms with Crippen LogP contribution in [0.15, 0.2) is 42.3 Å². The Labute approximate surface area is 158 Å². The average Bonchev–Trinajstić information content (AvgIpc) is 2.44. The molecule has 6 heteroatoms. The van der Waals surface area contributed by atoms with E-state index >= 15 is 0 Å². The summed E-state index contributed by atoms with van der Waals surface area (Å²) in [5.41, 5.74) is 0.0737. The number of halogens is 4. The molecule has 0 radical (unpaired) electrons. The van der Waals surface area contributed by atoms with Crippen LogP contribution in [0.4, 0.5) is 8.78 Å². The maximum Gasteiger partial charge on any atom is 0.159 e. The van der Waals surface area contributed by atoms with Crippen molar-refractivity contribution < 1.29 is 13.5 Å². The molecule has 1 aromatic rings. The van der Waals surface area contributed by atoms with Crippen LogP contribution in [0.3, 0.4) is 0 Å². The molecule has 0 bridgehead atoms. The van der Waals surface area contributed by atoms with Gasteiger partial charge in [-0.15, -0.1) is 0 Å². The Balaban J connectivity index is 1.88. The largest absolute Gasteiger partial charge is 0.373 e. The number of rotatable bonds is 8. The Morgan fingerprint density at radius 3 is 2.48 bits per heavy atom. The minimum atomic E-state index is -1.40. The number of ether oxygens (including phenoxy) is 1. The number of hydrogen-bond donors (Lipinski definition) is 0. The van der Waals surface area contributed by atoms with Gasteiger partial charge in [-0.25, -0.2) is 8.78 Å². The SMILES string of the molecule is C=C(/C=C(\C)F)COCC1(F)CN(C(CC)c2cc(Cl)cc(Cl)c2)C1. The van der Waals surface area contributed by atoms with Gasteiger partial charge in [-0.3, -0.25) is 4.90 Å². The van der Waals surface area contributed by atoms with Crippen LogP contribution in [0.1, 0.15) is 31.9 Å². The van der Waals surface area contributed by atoms with Crippen LogP contribution in [-0.2, 0) is 4.74 Å². The molecule has 0 aromatic heterocycles. The second-order valence-corrected chi connectivity index (χ2v) is 7.44. The summed E-state index contributed by atoms with van der Waals surface area (Å²) in [5.74, 6) is -0.343. The summed E-state index contributed by atoms with van der Waals surface area (Å²) < 4.78 is 32.8. The van der Waals surface area contributed by atoms with Gasteiger partial charge in [0, 0.05) is 29.2 Å². The van der Waals surface area contributed by atoms with E-state index in [-0.39, 0.29) is 38.2 Å². The van der Waals surface area contributed by atoms with Crippen LogP contribution >= 0.6 is 23.2 Å². The highest BCUT2D eigenvalue weighted by Gasteiger charge is 2.46. The number of hydrogen-bond acceptors (Lipinski definition) is 2. The Morgan fingerprint density at radius 1 is 1.36 bits per heavy atom. The molecule has 1 aromatic carbocycles. The lowest BCUT2D eigenvalue weighted by Gasteiger charge is -2.48. The summed E-state index contributed by atoms with van der Waals surface area (Å²) in [5, 5.41) is 1.15. The van der Waals surface area contributed by atoms with Gasteiger partial charge in [-0.05, 0) is 48.8 Å². The summed E-state index contributed by atoms with van der Waals surface area (Å²) in [6, 6.07) is 5.48. The van der Waals surface area contributed by atoms with Crippen molar-refractivity contribution in [2.24, 2.45) is 0 Å². The molecule has 0 spiro atoms. The molecule has 1 aliphatic heterocycles. The number of benzene rings is 1. The first-order valence-corrected chi connectivity index (χ1v) is 8.96. The van der Waals surface area contributed by atoms with Crippen molar-refractivity contribution in [2.75, 3.05) is 26.3 Å². The van der Waals surface area contributed by atoms with E-state index in [4.69, 9.17) is 27.9 Å². The Bertz CT molecular complexity index is 633. The Kier molecular flexibility index (Phi) is 7.03. The maximum atomic E-state index is 14.7. The first-order chi connectivity index (χ1) is 11.7. The third-order valence-corrected chi connectivity index (χ3v) is 4.56. The van der Waals surface area contributed by atoms with Gasteiger partial charge in [0.15, 0.2) is 5.67 Å². The zero-order valence-electron chi connectivity index (χ0n) is 14.5. The lowest BCUT2D eigenvalue weighted by molar-refractivity contribution is -0.101. The quantitative estimate of drug-likeness (QED) is 0.512. The van der Waals surface area contributed by atoms with Gasteiger partial charge in [0.25, 0.3) is 0 Å². The highest BCUT2D eigenvalue weighted by Crippen LogP contribution is 2.37. The fourth-order valence-corrected chi connectivity index (χ4v) is 3.70. The summed E-state index contributed by atoms with van der Waals surface area (Å²) in [4.78, 5) is 2.05. The predicted molar refractivity (Wildman–Crippen MR) is 99.7 cm³/mol. The molecule has 1 atom stereocenters. The van der Waals surface area contributed by atoms with Gasteiger partial charge >= 0.3 is 0 Å². The minimum absolute atomic E-state index is 0.0333. The standard InChI is InChI=1S/C19H23Cl2F2NO/c1-4-18(15-6-16(20)8-17(21)7-15)24-10-19(23,11-24)12-25-9-13(2)5-14(3)22/h5-8,18H,2,4,9-12H2,1,3H3/b14-5+. The Morgan fingerprint density at radius 2 is 1.96 bits per heavy atom. The molecule has 25 heavy (non-hydrogen) atoms. The fourth-order valence-electron chi connectivity index (χ4n) is 3.15. The average molecular weight is 390 g/mol. The molecule has 138 valence electrons. The molecule has 0 aliphatic carbocycles. The van der Waals surface area contributed by atoms with Crippen LogP contribution in [0.25, 0.3) is 0 Å². The summed E-state index contributed by atoms with van der Waals surface area (Å²) in [7, 11) is 0. The molecule has 0 amide bonds.